The van der Waals surface area contributed by atoms with Gasteiger partial charge in [-0.15, -0.1) is 0 Å². The second kappa shape index (κ2) is 5.81. The molecule has 5 nitrogen and oxygen atoms in total. The zero-order chi connectivity index (χ0) is 12.1. The van der Waals surface area contributed by atoms with Crippen molar-refractivity contribution in [2.75, 3.05) is 11.9 Å². The molecule has 7 heteroatoms. The lowest BCUT2D eigenvalue weighted by Gasteiger charge is -2.04. The van der Waals surface area contributed by atoms with Crippen molar-refractivity contribution in [3.05, 3.63) is 38.9 Å². The third-order valence-corrected chi connectivity index (χ3v) is 2.51. The molecule has 0 fully saturated rings. The first-order valence-electron chi connectivity index (χ1n) is 4.34. The maximum atomic E-state index is 11.6. The van der Waals surface area contributed by atoms with Crippen LogP contribution in [0.1, 0.15) is 10.4 Å². The molecule has 0 unspecified atom stereocenters. The van der Waals surface area contributed by atoms with Gasteiger partial charge in [-0.3, -0.25) is 14.9 Å². The number of carbonyl (C=O) groups excluding carboxylic acids is 1. The summed E-state index contributed by atoms with van der Waals surface area (Å²) in [5.74, 6) is -0.423. The lowest BCUT2D eigenvalue weighted by molar-refractivity contribution is -0.384. The number of amides is 1. The number of nitrogens with zero attached hydrogens (tertiary/aromatic N) is 1. The molecule has 0 aliphatic carbocycles. The van der Waals surface area contributed by atoms with Gasteiger partial charge in [0.15, 0.2) is 0 Å². The van der Waals surface area contributed by atoms with Gasteiger partial charge in [0.2, 0.25) is 0 Å². The zero-order valence-electron chi connectivity index (χ0n) is 8.07. The molecule has 0 aliphatic heterocycles. The van der Waals surface area contributed by atoms with E-state index in [1.165, 1.54) is 12.1 Å². The van der Waals surface area contributed by atoms with Crippen LogP contribution in [0.2, 0.25) is 5.02 Å². The van der Waals surface area contributed by atoms with Crippen molar-refractivity contribution in [2.45, 2.75) is 0 Å². The Morgan fingerprint density at radius 1 is 1.56 bits per heavy atom. The van der Waals surface area contributed by atoms with Crippen molar-refractivity contribution in [3.8, 4) is 0 Å². The van der Waals surface area contributed by atoms with E-state index in [1.54, 1.807) is 0 Å². The van der Waals surface area contributed by atoms with Crippen molar-refractivity contribution < 1.29 is 9.72 Å². The SMILES string of the molecule is O=C(NCCBr)c1cc([N+](=O)[O-])ccc1Cl. The van der Waals surface area contributed by atoms with Crippen molar-refractivity contribution >= 4 is 39.1 Å². The molecule has 0 spiro atoms. The van der Waals surface area contributed by atoms with Crippen LogP contribution in [0.3, 0.4) is 0 Å². The quantitative estimate of drug-likeness (QED) is 0.527. The minimum absolute atomic E-state index is 0.108. The fourth-order valence-electron chi connectivity index (χ4n) is 1.06. The average molecular weight is 308 g/mol. The molecule has 1 aromatic carbocycles. The number of benzene rings is 1. The van der Waals surface area contributed by atoms with Gasteiger partial charge < -0.3 is 5.32 Å². The first kappa shape index (κ1) is 12.9. The van der Waals surface area contributed by atoms with E-state index >= 15 is 0 Å². The first-order chi connectivity index (χ1) is 7.56. The summed E-state index contributed by atoms with van der Waals surface area (Å²) in [7, 11) is 0. The second-order valence-electron chi connectivity index (χ2n) is 2.87. The number of carbonyl (C=O) groups is 1. The van der Waals surface area contributed by atoms with Gasteiger partial charge >= 0.3 is 0 Å². The van der Waals surface area contributed by atoms with Crippen LogP contribution < -0.4 is 5.32 Å². The van der Waals surface area contributed by atoms with E-state index in [0.717, 1.165) is 6.07 Å². The molecule has 0 saturated heterocycles. The van der Waals surface area contributed by atoms with Crippen molar-refractivity contribution in [1.82, 2.24) is 5.32 Å². The van der Waals surface area contributed by atoms with Crippen LogP contribution in [0.15, 0.2) is 18.2 Å². The number of rotatable bonds is 4. The summed E-state index contributed by atoms with van der Waals surface area (Å²) in [5.41, 5.74) is -0.0507. The van der Waals surface area contributed by atoms with E-state index in [4.69, 9.17) is 11.6 Å². The highest BCUT2D eigenvalue weighted by atomic mass is 79.9. The highest BCUT2D eigenvalue weighted by Crippen LogP contribution is 2.21. The molecule has 0 bridgehead atoms. The lowest BCUT2D eigenvalue weighted by Crippen LogP contribution is -2.25. The summed E-state index contributed by atoms with van der Waals surface area (Å²) < 4.78 is 0. The fourth-order valence-corrected chi connectivity index (χ4v) is 1.46. The summed E-state index contributed by atoms with van der Waals surface area (Å²) in [6.07, 6.45) is 0. The molecule has 0 aliphatic rings. The third kappa shape index (κ3) is 3.18. The van der Waals surface area contributed by atoms with Crippen LogP contribution in [0, 0.1) is 10.1 Å². The molecular formula is C9H8BrClN2O3. The van der Waals surface area contributed by atoms with Gasteiger partial charge in [0.25, 0.3) is 11.6 Å². The normalized spacial score (nSPS) is 9.88. The number of hydrogen-bond donors (Lipinski definition) is 1. The number of nitrogens with one attached hydrogen (secondary N) is 1. The largest absolute Gasteiger partial charge is 0.351 e. The molecule has 0 heterocycles. The van der Waals surface area contributed by atoms with Gasteiger partial charge in [-0.05, 0) is 6.07 Å². The van der Waals surface area contributed by atoms with E-state index in [2.05, 4.69) is 21.2 Å². The van der Waals surface area contributed by atoms with Crippen LogP contribution in [-0.4, -0.2) is 22.7 Å². The molecule has 16 heavy (non-hydrogen) atoms. The average Bonchev–Trinajstić information content (AvgIpc) is 2.26. The van der Waals surface area contributed by atoms with E-state index in [-0.39, 0.29) is 16.3 Å². The monoisotopic (exact) mass is 306 g/mol. The Morgan fingerprint density at radius 3 is 2.81 bits per heavy atom. The molecule has 0 radical (unpaired) electrons. The first-order valence-corrected chi connectivity index (χ1v) is 5.84. The van der Waals surface area contributed by atoms with Crippen molar-refractivity contribution in [2.24, 2.45) is 0 Å². The standard InChI is InChI=1S/C9H8BrClN2O3/c10-3-4-12-9(14)7-5-6(13(15)16)1-2-8(7)11/h1-2,5H,3-4H2,(H,12,14). The van der Waals surface area contributed by atoms with Crippen LogP contribution in [0.5, 0.6) is 0 Å². The smallest absolute Gasteiger partial charge is 0.270 e. The Bertz CT molecular complexity index is 425. The number of nitro groups is 1. The fraction of sp³-hybridized carbons (Fsp3) is 0.222. The predicted octanol–water partition coefficient (Wildman–Crippen LogP) is 2.37. The summed E-state index contributed by atoms with van der Waals surface area (Å²) in [6, 6.07) is 3.75. The summed E-state index contributed by atoms with van der Waals surface area (Å²) in [4.78, 5) is 21.5. The molecule has 0 atom stereocenters. The number of non-ortho nitro benzene ring substituents is 1. The third-order valence-electron chi connectivity index (χ3n) is 1.79. The van der Waals surface area contributed by atoms with E-state index in [9.17, 15) is 14.9 Å². The molecular weight excluding hydrogens is 299 g/mol. The van der Waals surface area contributed by atoms with Gasteiger partial charge in [0.1, 0.15) is 0 Å². The molecule has 0 saturated carbocycles. The second-order valence-corrected chi connectivity index (χ2v) is 4.07. The Labute approximate surface area is 105 Å². The molecule has 0 aromatic heterocycles. The topological polar surface area (TPSA) is 72.2 Å². The van der Waals surface area contributed by atoms with E-state index in [1.807, 2.05) is 0 Å². The van der Waals surface area contributed by atoms with Crippen LogP contribution in [0.4, 0.5) is 5.69 Å². The molecule has 86 valence electrons. The number of hydrogen-bond acceptors (Lipinski definition) is 3. The van der Waals surface area contributed by atoms with E-state index < -0.39 is 10.8 Å². The minimum Gasteiger partial charge on any atom is -0.351 e. The van der Waals surface area contributed by atoms with E-state index in [0.29, 0.717) is 11.9 Å². The zero-order valence-corrected chi connectivity index (χ0v) is 10.4. The Kier molecular flexibility index (Phi) is 4.70. The number of nitro benzene ring substituents is 1. The number of halogens is 2. The van der Waals surface area contributed by atoms with Crippen LogP contribution in [0.25, 0.3) is 0 Å². The Hall–Kier alpha value is -1.14. The summed E-state index contributed by atoms with van der Waals surface area (Å²) in [5, 5.41) is 13.9. The Balaban J connectivity index is 2.97. The number of alkyl halides is 1. The maximum absolute atomic E-state index is 11.6. The highest BCUT2D eigenvalue weighted by Gasteiger charge is 2.15. The molecule has 1 rings (SSSR count). The van der Waals surface area contributed by atoms with Crippen molar-refractivity contribution in [3.63, 3.8) is 0 Å². The minimum atomic E-state index is -0.572. The maximum Gasteiger partial charge on any atom is 0.270 e. The van der Waals surface area contributed by atoms with Gasteiger partial charge in [-0.2, -0.15) is 0 Å². The lowest BCUT2D eigenvalue weighted by atomic mass is 10.2. The Morgan fingerprint density at radius 2 is 2.25 bits per heavy atom. The van der Waals surface area contributed by atoms with Gasteiger partial charge in [0, 0.05) is 24.0 Å². The van der Waals surface area contributed by atoms with Gasteiger partial charge in [-0.1, -0.05) is 27.5 Å². The van der Waals surface area contributed by atoms with Crippen LogP contribution in [-0.2, 0) is 0 Å². The molecule has 1 N–H and O–H groups in total. The van der Waals surface area contributed by atoms with Crippen LogP contribution >= 0.6 is 27.5 Å². The van der Waals surface area contributed by atoms with Crippen molar-refractivity contribution in [1.29, 1.82) is 0 Å². The predicted molar refractivity (Wildman–Crippen MR) is 64.2 cm³/mol. The highest BCUT2D eigenvalue weighted by molar-refractivity contribution is 9.09. The summed E-state index contributed by atoms with van der Waals surface area (Å²) >= 11 is 8.93. The summed E-state index contributed by atoms with van der Waals surface area (Å²) in [6.45, 7) is 0.428. The molecule has 1 amide bonds. The van der Waals surface area contributed by atoms with Gasteiger partial charge in [0.05, 0.1) is 15.5 Å². The molecule has 1 aromatic rings. The van der Waals surface area contributed by atoms with Gasteiger partial charge in [-0.25, -0.2) is 0 Å².